The second-order valence-electron chi connectivity index (χ2n) is 4.77. The van der Waals surface area contributed by atoms with Crippen molar-refractivity contribution < 1.29 is 14.6 Å². The summed E-state index contributed by atoms with van der Waals surface area (Å²) in [5.74, 6) is 0.0823. The van der Waals surface area contributed by atoms with E-state index in [2.05, 4.69) is 17.6 Å². The molecule has 0 saturated heterocycles. The molecule has 4 heteroatoms. The first kappa shape index (κ1) is 13.5. The van der Waals surface area contributed by atoms with Crippen molar-refractivity contribution in [3.05, 3.63) is 29.5 Å². The van der Waals surface area contributed by atoms with E-state index in [4.69, 9.17) is 9.84 Å². The van der Waals surface area contributed by atoms with Gasteiger partial charge >= 0.3 is 5.97 Å². The third kappa shape index (κ3) is 2.57. The van der Waals surface area contributed by atoms with Gasteiger partial charge < -0.3 is 14.4 Å². The number of benzene rings is 1. The molecule has 1 aromatic carbocycles. The molecule has 1 heterocycles. The number of rotatable bonds is 5. The second kappa shape index (κ2) is 5.34. The zero-order chi connectivity index (χ0) is 14.0. The molecule has 4 nitrogen and oxygen atoms in total. The van der Waals surface area contributed by atoms with E-state index < -0.39 is 5.97 Å². The maximum absolute atomic E-state index is 10.6. The van der Waals surface area contributed by atoms with Crippen molar-refractivity contribution >= 4 is 16.9 Å². The van der Waals surface area contributed by atoms with Crippen molar-refractivity contribution in [2.45, 2.75) is 26.2 Å². The second-order valence-corrected chi connectivity index (χ2v) is 4.77. The quantitative estimate of drug-likeness (QED) is 0.900. The zero-order valence-corrected chi connectivity index (χ0v) is 11.6. The van der Waals surface area contributed by atoms with Crippen LogP contribution in [-0.4, -0.2) is 22.8 Å². The zero-order valence-electron chi connectivity index (χ0n) is 11.6. The van der Waals surface area contributed by atoms with Gasteiger partial charge in [0.25, 0.3) is 0 Å². The molecule has 0 atom stereocenters. The summed E-state index contributed by atoms with van der Waals surface area (Å²) >= 11 is 0. The van der Waals surface area contributed by atoms with E-state index in [1.807, 2.05) is 19.2 Å². The molecule has 1 N–H and O–H groups in total. The Morgan fingerprint density at radius 1 is 1.42 bits per heavy atom. The monoisotopic (exact) mass is 261 g/mol. The Morgan fingerprint density at radius 2 is 2.16 bits per heavy atom. The molecule has 0 bridgehead atoms. The molecule has 0 unspecified atom stereocenters. The Kier molecular flexibility index (Phi) is 3.79. The fraction of sp³-hybridized carbons (Fsp3) is 0.400. The Labute approximate surface area is 112 Å². The fourth-order valence-corrected chi connectivity index (χ4v) is 2.45. The Morgan fingerprint density at radius 3 is 2.79 bits per heavy atom. The van der Waals surface area contributed by atoms with Gasteiger partial charge in [-0.25, -0.2) is 0 Å². The van der Waals surface area contributed by atoms with Crippen LogP contribution >= 0.6 is 0 Å². The molecule has 0 saturated carbocycles. The van der Waals surface area contributed by atoms with Crippen LogP contribution in [0.1, 0.15) is 24.1 Å². The highest BCUT2D eigenvalue weighted by Gasteiger charge is 2.12. The number of aliphatic carboxylic acids is 1. The molecule has 0 spiro atoms. The minimum absolute atomic E-state index is 0.186. The van der Waals surface area contributed by atoms with Gasteiger partial charge in [0.2, 0.25) is 0 Å². The number of aromatic nitrogens is 1. The molecule has 0 aliphatic heterocycles. The van der Waals surface area contributed by atoms with E-state index in [0.717, 1.165) is 28.6 Å². The Bertz CT molecular complexity index is 613. The van der Waals surface area contributed by atoms with Gasteiger partial charge in [0.15, 0.2) is 0 Å². The van der Waals surface area contributed by atoms with Crippen molar-refractivity contribution in [3.8, 4) is 5.75 Å². The van der Waals surface area contributed by atoms with Crippen LogP contribution in [0.3, 0.4) is 0 Å². The topological polar surface area (TPSA) is 51.5 Å². The van der Waals surface area contributed by atoms with Crippen LogP contribution in [0.5, 0.6) is 5.75 Å². The number of carbonyl (C=O) groups is 1. The average molecular weight is 261 g/mol. The van der Waals surface area contributed by atoms with Crippen LogP contribution in [0.15, 0.2) is 18.2 Å². The number of nitrogens with zero attached hydrogens (tertiary/aromatic N) is 1. The Hall–Kier alpha value is -1.97. The normalized spacial score (nSPS) is 10.9. The highest BCUT2D eigenvalue weighted by atomic mass is 16.5. The summed E-state index contributed by atoms with van der Waals surface area (Å²) in [5, 5.41) is 9.90. The number of carboxylic acids is 1. The highest BCUT2D eigenvalue weighted by Crippen LogP contribution is 2.31. The summed E-state index contributed by atoms with van der Waals surface area (Å²) in [4.78, 5) is 10.6. The SMILES string of the molecule is COc1ccc2c(cc(C)n2C)c1CCCC(=O)O. The summed E-state index contributed by atoms with van der Waals surface area (Å²) in [6.07, 6.45) is 1.53. The predicted molar refractivity (Wildman–Crippen MR) is 74.8 cm³/mol. The molecule has 102 valence electrons. The molecular formula is C15H19NO3. The summed E-state index contributed by atoms with van der Waals surface area (Å²) in [6.45, 7) is 2.06. The van der Waals surface area contributed by atoms with Gasteiger partial charge in [0.05, 0.1) is 7.11 Å². The number of methoxy groups -OCH3 is 1. The largest absolute Gasteiger partial charge is 0.496 e. The molecule has 0 fully saturated rings. The lowest BCUT2D eigenvalue weighted by molar-refractivity contribution is -0.137. The predicted octanol–water partition coefficient (Wildman–Crippen LogP) is 2.90. The van der Waals surface area contributed by atoms with Gasteiger partial charge in [-0.2, -0.15) is 0 Å². The van der Waals surface area contributed by atoms with Crippen molar-refractivity contribution in [1.29, 1.82) is 0 Å². The molecule has 0 radical (unpaired) electrons. The number of hydrogen-bond acceptors (Lipinski definition) is 2. The molecule has 2 aromatic rings. The molecule has 0 aliphatic rings. The van der Waals surface area contributed by atoms with Crippen LogP contribution in [0.4, 0.5) is 0 Å². The molecular weight excluding hydrogens is 242 g/mol. The number of hydrogen-bond donors (Lipinski definition) is 1. The van der Waals surface area contributed by atoms with E-state index in [1.54, 1.807) is 7.11 Å². The maximum Gasteiger partial charge on any atom is 0.303 e. The maximum atomic E-state index is 10.6. The summed E-state index contributed by atoms with van der Waals surface area (Å²) < 4.78 is 7.54. The lowest BCUT2D eigenvalue weighted by Gasteiger charge is -2.10. The number of carboxylic acid groups (broad SMARTS) is 1. The molecule has 2 rings (SSSR count). The number of ether oxygens (including phenoxy) is 1. The first-order valence-electron chi connectivity index (χ1n) is 6.38. The van der Waals surface area contributed by atoms with Crippen LogP contribution in [0.2, 0.25) is 0 Å². The van der Waals surface area contributed by atoms with Crippen LogP contribution in [0, 0.1) is 6.92 Å². The lowest BCUT2D eigenvalue weighted by Crippen LogP contribution is -1.98. The van der Waals surface area contributed by atoms with E-state index >= 15 is 0 Å². The third-order valence-corrected chi connectivity index (χ3v) is 3.57. The van der Waals surface area contributed by atoms with Crippen LogP contribution < -0.4 is 4.74 Å². The van der Waals surface area contributed by atoms with Crippen molar-refractivity contribution in [2.75, 3.05) is 7.11 Å². The standard InChI is InChI=1S/C15H19NO3/c1-10-9-12-11(5-4-6-15(17)18)14(19-3)8-7-13(12)16(10)2/h7-9H,4-6H2,1-3H3,(H,17,18). The summed E-state index contributed by atoms with van der Waals surface area (Å²) in [5.41, 5.74) is 3.44. The fourth-order valence-electron chi connectivity index (χ4n) is 2.45. The smallest absolute Gasteiger partial charge is 0.303 e. The number of aryl methyl sites for hydroxylation is 3. The van der Waals surface area contributed by atoms with Crippen molar-refractivity contribution in [1.82, 2.24) is 4.57 Å². The molecule has 1 aromatic heterocycles. The van der Waals surface area contributed by atoms with Crippen LogP contribution in [-0.2, 0) is 18.3 Å². The first-order chi connectivity index (χ1) is 9.04. The minimum atomic E-state index is -0.754. The molecule has 0 amide bonds. The van der Waals surface area contributed by atoms with E-state index in [0.29, 0.717) is 6.42 Å². The van der Waals surface area contributed by atoms with E-state index in [9.17, 15) is 4.79 Å². The molecule has 0 aliphatic carbocycles. The average Bonchev–Trinajstić information content (AvgIpc) is 2.66. The van der Waals surface area contributed by atoms with Crippen molar-refractivity contribution in [3.63, 3.8) is 0 Å². The minimum Gasteiger partial charge on any atom is -0.496 e. The van der Waals surface area contributed by atoms with Gasteiger partial charge in [-0.05, 0) is 38.0 Å². The van der Waals surface area contributed by atoms with Gasteiger partial charge in [0.1, 0.15) is 5.75 Å². The van der Waals surface area contributed by atoms with Crippen molar-refractivity contribution in [2.24, 2.45) is 7.05 Å². The third-order valence-electron chi connectivity index (χ3n) is 3.57. The van der Waals surface area contributed by atoms with Gasteiger partial charge in [-0.3, -0.25) is 4.79 Å². The van der Waals surface area contributed by atoms with E-state index in [-0.39, 0.29) is 6.42 Å². The summed E-state index contributed by atoms with van der Waals surface area (Å²) in [6, 6.07) is 6.13. The lowest BCUT2D eigenvalue weighted by atomic mass is 10.0. The van der Waals surface area contributed by atoms with Gasteiger partial charge in [-0.15, -0.1) is 0 Å². The Balaban J connectivity index is 2.42. The van der Waals surface area contributed by atoms with Crippen LogP contribution in [0.25, 0.3) is 10.9 Å². The van der Waals surface area contributed by atoms with Gasteiger partial charge in [0, 0.05) is 35.6 Å². The summed E-state index contributed by atoms with van der Waals surface area (Å²) in [7, 11) is 3.68. The van der Waals surface area contributed by atoms with E-state index in [1.165, 1.54) is 5.69 Å². The molecule has 19 heavy (non-hydrogen) atoms. The van der Waals surface area contributed by atoms with Gasteiger partial charge in [-0.1, -0.05) is 0 Å². The first-order valence-corrected chi connectivity index (χ1v) is 6.38. The number of fused-ring (bicyclic) bond motifs is 1. The highest BCUT2D eigenvalue weighted by molar-refractivity contribution is 5.87.